The van der Waals surface area contributed by atoms with E-state index in [0.29, 0.717) is 5.11 Å². The number of rotatable bonds is 4. The maximum Gasteiger partial charge on any atom is 0.171 e. The van der Waals surface area contributed by atoms with Crippen molar-refractivity contribution in [2.24, 2.45) is 0 Å². The highest BCUT2D eigenvalue weighted by atomic mass is 32.1. The minimum Gasteiger partial charge on any atom is -0.497 e. The molecule has 0 unspecified atom stereocenters. The number of hydrogen-bond acceptors (Lipinski definition) is 2. The second-order valence-electron chi connectivity index (χ2n) is 5.96. The summed E-state index contributed by atoms with van der Waals surface area (Å²) in [6.45, 7) is 0. The van der Waals surface area contributed by atoms with Gasteiger partial charge in [0.05, 0.1) is 12.6 Å². The highest BCUT2D eigenvalue weighted by molar-refractivity contribution is 7.80. The van der Waals surface area contributed by atoms with Crippen molar-refractivity contribution in [2.75, 3.05) is 12.4 Å². The van der Waals surface area contributed by atoms with Gasteiger partial charge >= 0.3 is 0 Å². The van der Waals surface area contributed by atoms with Gasteiger partial charge in [-0.3, -0.25) is 0 Å². The molecule has 2 aromatic carbocycles. The van der Waals surface area contributed by atoms with Gasteiger partial charge in [-0.05, 0) is 54.9 Å². The Bertz CT molecular complexity index is 649. The summed E-state index contributed by atoms with van der Waals surface area (Å²) in [4.78, 5) is 0. The lowest BCUT2D eigenvalue weighted by molar-refractivity contribution is 0.408. The van der Waals surface area contributed by atoms with Crippen LogP contribution in [0, 0.1) is 0 Å². The molecule has 1 saturated carbocycles. The molecule has 2 N–H and O–H groups in total. The van der Waals surface area contributed by atoms with Crippen LogP contribution >= 0.6 is 12.2 Å². The molecule has 2 aromatic rings. The molecule has 0 aromatic heterocycles. The quantitative estimate of drug-likeness (QED) is 0.813. The van der Waals surface area contributed by atoms with E-state index in [4.69, 9.17) is 17.0 Å². The fraction of sp³-hybridized carbons (Fsp3) is 0.316. The van der Waals surface area contributed by atoms with Crippen LogP contribution in [0.5, 0.6) is 5.75 Å². The van der Waals surface area contributed by atoms with Gasteiger partial charge in [0.25, 0.3) is 0 Å². The van der Waals surface area contributed by atoms with Crippen LogP contribution in [0.15, 0.2) is 54.6 Å². The first-order chi connectivity index (χ1) is 11.2. The molecule has 1 fully saturated rings. The Morgan fingerprint density at radius 2 is 1.65 bits per heavy atom. The number of benzene rings is 2. The van der Waals surface area contributed by atoms with E-state index in [2.05, 4.69) is 41.0 Å². The minimum atomic E-state index is -0.0438. The molecule has 0 spiro atoms. The summed E-state index contributed by atoms with van der Waals surface area (Å²) in [5, 5.41) is 7.52. The summed E-state index contributed by atoms with van der Waals surface area (Å²) in [5.74, 6) is 0.839. The lowest BCUT2D eigenvalue weighted by atomic mass is 9.88. The smallest absolute Gasteiger partial charge is 0.171 e. The van der Waals surface area contributed by atoms with E-state index >= 15 is 0 Å². The van der Waals surface area contributed by atoms with E-state index in [-0.39, 0.29) is 5.54 Å². The first kappa shape index (κ1) is 15.8. The number of ether oxygens (including phenoxy) is 1. The van der Waals surface area contributed by atoms with E-state index in [0.717, 1.165) is 24.3 Å². The highest BCUT2D eigenvalue weighted by Gasteiger charge is 2.35. The van der Waals surface area contributed by atoms with Gasteiger partial charge in [-0.2, -0.15) is 0 Å². The predicted molar refractivity (Wildman–Crippen MR) is 98.9 cm³/mol. The molecule has 0 bridgehead atoms. The molecule has 0 saturated heterocycles. The minimum absolute atomic E-state index is 0.0438. The Morgan fingerprint density at radius 1 is 1.00 bits per heavy atom. The summed E-state index contributed by atoms with van der Waals surface area (Å²) in [6, 6.07) is 18.4. The van der Waals surface area contributed by atoms with Crippen LogP contribution in [0.1, 0.15) is 31.2 Å². The zero-order valence-electron chi connectivity index (χ0n) is 13.3. The van der Waals surface area contributed by atoms with Crippen LogP contribution in [0.3, 0.4) is 0 Å². The van der Waals surface area contributed by atoms with E-state index in [1.807, 2.05) is 24.3 Å². The SMILES string of the molecule is COc1ccc(NC(=S)NC2(c3ccccc3)CCCC2)cc1. The van der Waals surface area contributed by atoms with Crippen LogP contribution in [-0.4, -0.2) is 12.2 Å². The number of hydrogen-bond donors (Lipinski definition) is 2. The molecular formula is C19H22N2OS. The molecule has 0 aliphatic heterocycles. The van der Waals surface area contributed by atoms with E-state index in [1.54, 1.807) is 7.11 Å². The average molecular weight is 326 g/mol. The molecule has 0 amide bonds. The zero-order valence-corrected chi connectivity index (χ0v) is 14.2. The Hall–Kier alpha value is -2.07. The van der Waals surface area contributed by atoms with Crippen LogP contribution in [0.4, 0.5) is 5.69 Å². The average Bonchev–Trinajstić information content (AvgIpc) is 3.06. The van der Waals surface area contributed by atoms with Crippen molar-refractivity contribution in [1.29, 1.82) is 0 Å². The zero-order chi connectivity index (χ0) is 16.1. The van der Waals surface area contributed by atoms with E-state index in [9.17, 15) is 0 Å². The topological polar surface area (TPSA) is 33.3 Å². The molecule has 1 aliphatic rings. The van der Waals surface area contributed by atoms with Crippen molar-refractivity contribution in [2.45, 2.75) is 31.2 Å². The van der Waals surface area contributed by atoms with Gasteiger partial charge in [-0.25, -0.2) is 0 Å². The standard InChI is InChI=1S/C19H22N2OS/c1-22-17-11-9-16(10-12-17)20-18(23)21-19(13-5-6-14-19)15-7-3-2-4-8-15/h2-4,7-12H,5-6,13-14H2,1H3,(H2,20,21,23). The molecule has 0 atom stereocenters. The molecule has 23 heavy (non-hydrogen) atoms. The van der Waals surface area contributed by atoms with Crippen molar-refractivity contribution in [3.05, 3.63) is 60.2 Å². The first-order valence-electron chi connectivity index (χ1n) is 8.01. The number of thiocarbonyl (C=S) groups is 1. The lowest BCUT2D eigenvalue weighted by Crippen LogP contribution is -2.45. The van der Waals surface area contributed by atoms with Crippen LogP contribution in [-0.2, 0) is 5.54 Å². The maximum atomic E-state index is 5.55. The monoisotopic (exact) mass is 326 g/mol. The van der Waals surface area contributed by atoms with Gasteiger partial charge in [0.2, 0.25) is 0 Å². The summed E-state index contributed by atoms with van der Waals surface area (Å²) in [6.07, 6.45) is 4.68. The summed E-state index contributed by atoms with van der Waals surface area (Å²) in [7, 11) is 1.67. The molecular weight excluding hydrogens is 304 g/mol. The summed E-state index contributed by atoms with van der Waals surface area (Å²) in [5.41, 5.74) is 2.23. The Labute approximate surface area is 143 Å². The van der Waals surface area contributed by atoms with Crippen molar-refractivity contribution < 1.29 is 4.74 Å². The fourth-order valence-electron chi connectivity index (χ4n) is 3.28. The molecule has 3 rings (SSSR count). The second kappa shape index (κ2) is 7.01. The number of anilines is 1. The second-order valence-corrected chi connectivity index (χ2v) is 6.37. The van der Waals surface area contributed by atoms with Gasteiger partial charge < -0.3 is 15.4 Å². The molecule has 1 aliphatic carbocycles. The van der Waals surface area contributed by atoms with Gasteiger partial charge in [-0.1, -0.05) is 43.2 Å². The largest absolute Gasteiger partial charge is 0.497 e. The highest BCUT2D eigenvalue weighted by Crippen LogP contribution is 2.38. The van der Waals surface area contributed by atoms with Gasteiger partial charge in [0, 0.05) is 5.69 Å². The maximum absolute atomic E-state index is 5.55. The predicted octanol–water partition coefficient (Wildman–Crippen LogP) is 4.45. The Balaban J connectivity index is 1.71. The normalized spacial score (nSPS) is 15.9. The van der Waals surface area contributed by atoms with Crippen LogP contribution in [0.25, 0.3) is 0 Å². The van der Waals surface area contributed by atoms with E-state index < -0.39 is 0 Å². The Kier molecular flexibility index (Phi) is 4.82. The van der Waals surface area contributed by atoms with Crippen molar-refractivity contribution in [1.82, 2.24) is 5.32 Å². The molecule has 0 radical (unpaired) electrons. The number of nitrogens with one attached hydrogen (secondary N) is 2. The molecule has 4 heteroatoms. The lowest BCUT2D eigenvalue weighted by Gasteiger charge is -2.32. The van der Waals surface area contributed by atoms with Crippen LogP contribution in [0.2, 0.25) is 0 Å². The summed E-state index contributed by atoms with van der Waals surface area (Å²) < 4.78 is 5.18. The van der Waals surface area contributed by atoms with Gasteiger partial charge in [0.15, 0.2) is 5.11 Å². The van der Waals surface area contributed by atoms with E-state index in [1.165, 1.54) is 18.4 Å². The van der Waals surface area contributed by atoms with Crippen LogP contribution < -0.4 is 15.4 Å². The summed E-state index contributed by atoms with van der Waals surface area (Å²) >= 11 is 5.55. The fourth-order valence-corrected chi connectivity index (χ4v) is 3.59. The third kappa shape index (κ3) is 3.64. The molecule has 0 heterocycles. The molecule has 120 valence electrons. The van der Waals surface area contributed by atoms with Crippen molar-refractivity contribution >= 4 is 23.0 Å². The van der Waals surface area contributed by atoms with Crippen molar-refractivity contribution in [3.63, 3.8) is 0 Å². The van der Waals surface area contributed by atoms with Gasteiger partial charge in [-0.15, -0.1) is 0 Å². The first-order valence-corrected chi connectivity index (χ1v) is 8.41. The third-order valence-corrected chi connectivity index (χ3v) is 4.69. The van der Waals surface area contributed by atoms with Gasteiger partial charge in [0.1, 0.15) is 5.75 Å². The third-order valence-electron chi connectivity index (χ3n) is 4.48. The Morgan fingerprint density at radius 3 is 2.26 bits per heavy atom. The number of methoxy groups -OCH3 is 1. The van der Waals surface area contributed by atoms with Crippen molar-refractivity contribution in [3.8, 4) is 5.75 Å². The molecule has 3 nitrogen and oxygen atoms in total.